The summed E-state index contributed by atoms with van der Waals surface area (Å²) in [4.78, 5) is 25.5. The van der Waals surface area contributed by atoms with Crippen LogP contribution in [0.15, 0.2) is 10.3 Å². The summed E-state index contributed by atoms with van der Waals surface area (Å²) in [6.07, 6.45) is 3.27. The molecule has 0 spiro atoms. The molecule has 0 aromatic rings. The lowest BCUT2D eigenvalue weighted by atomic mass is 9.84. The van der Waals surface area contributed by atoms with Gasteiger partial charge in [0.05, 0.1) is 19.6 Å². The van der Waals surface area contributed by atoms with E-state index in [1.807, 2.05) is 25.8 Å². The number of hydrogen-bond donors (Lipinski definition) is 0. The van der Waals surface area contributed by atoms with Gasteiger partial charge in [-0.3, -0.25) is 9.80 Å². The number of halogens is 1. The van der Waals surface area contributed by atoms with Crippen molar-refractivity contribution in [1.29, 1.82) is 0 Å². The second-order valence-electron chi connectivity index (χ2n) is 9.37. The lowest BCUT2D eigenvalue weighted by molar-refractivity contribution is -0.146. The van der Waals surface area contributed by atoms with Gasteiger partial charge in [-0.1, -0.05) is 5.22 Å². The summed E-state index contributed by atoms with van der Waals surface area (Å²) >= 11 is 0. The van der Waals surface area contributed by atoms with Crippen LogP contribution in [0.2, 0.25) is 0 Å². The fraction of sp³-hybridized carbons (Fsp3) is 0.900. The number of rotatable bonds is 3. The quantitative estimate of drug-likeness (QED) is 0.663. The first kappa shape index (κ1) is 21.8. The maximum absolute atomic E-state index is 15.6. The first-order valence-electron chi connectivity index (χ1n) is 10.5. The summed E-state index contributed by atoms with van der Waals surface area (Å²) in [7, 11) is 1.42. The molecule has 9 heteroatoms. The van der Waals surface area contributed by atoms with Crippen molar-refractivity contribution in [2.45, 2.75) is 82.6 Å². The molecule has 0 radical (unpaired) electrons. The summed E-state index contributed by atoms with van der Waals surface area (Å²) in [6, 6.07) is -0.322. The number of piperidine rings is 1. The van der Waals surface area contributed by atoms with Crippen LogP contribution in [-0.4, -0.2) is 72.1 Å². The van der Waals surface area contributed by atoms with E-state index in [9.17, 15) is 9.59 Å². The van der Waals surface area contributed by atoms with E-state index in [0.717, 1.165) is 25.7 Å². The van der Waals surface area contributed by atoms with Crippen LogP contribution in [0.1, 0.15) is 59.3 Å². The van der Waals surface area contributed by atoms with Gasteiger partial charge in [-0.2, -0.15) is 5.11 Å². The van der Waals surface area contributed by atoms with Gasteiger partial charge in [-0.25, -0.2) is 9.18 Å². The molecule has 29 heavy (non-hydrogen) atoms. The van der Waals surface area contributed by atoms with Gasteiger partial charge in [0.15, 0.2) is 0 Å². The van der Waals surface area contributed by atoms with Crippen molar-refractivity contribution in [2.75, 3.05) is 26.7 Å². The molecule has 1 amide bonds. The Morgan fingerprint density at radius 2 is 1.72 bits per heavy atom. The zero-order valence-electron chi connectivity index (χ0n) is 17.9. The Labute approximate surface area is 171 Å². The van der Waals surface area contributed by atoms with Crippen LogP contribution in [0.5, 0.6) is 0 Å². The molecule has 0 aromatic heterocycles. The summed E-state index contributed by atoms with van der Waals surface area (Å²) in [5.74, 6) is -0.194. The molecular weight excluding hydrogens is 379 g/mol. The Morgan fingerprint density at radius 1 is 1.10 bits per heavy atom. The Kier molecular flexibility index (Phi) is 6.33. The topological polar surface area (TPSA) is 83.8 Å². The van der Waals surface area contributed by atoms with Crippen molar-refractivity contribution in [3.63, 3.8) is 0 Å². The van der Waals surface area contributed by atoms with Gasteiger partial charge in [0, 0.05) is 32.0 Å². The van der Waals surface area contributed by atoms with E-state index in [1.165, 1.54) is 7.11 Å². The molecule has 3 aliphatic rings. The van der Waals surface area contributed by atoms with Crippen LogP contribution in [0.25, 0.3) is 0 Å². The van der Waals surface area contributed by atoms with Gasteiger partial charge in [-0.15, -0.1) is 0 Å². The van der Waals surface area contributed by atoms with Gasteiger partial charge in [0.25, 0.3) is 0 Å². The van der Waals surface area contributed by atoms with Crippen molar-refractivity contribution < 1.29 is 23.5 Å². The first-order chi connectivity index (χ1) is 13.6. The lowest BCUT2D eigenvalue weighted by Gasteiger charge is -2.39. The normalized spacial score (nSPS) is 29.6. The van der Waals surface area contributed by atoms with Crippen LogP contribution >= 0.6 is 0 Å². The van der Waals surface area contributed by atoms with Crippen molar-refractivity contribution in [3.8, 4) is 0 Å². The standard InChI is InChI=1S/C20H33FN4O4/c1-19(2,3)29-18(27)24-11-9-20(21,10-12-24)16-13-25(23-22-16)15-7-5-14(6-8-15)17(26)28-4/h14-16H,5-13H2,1-4H3. The number of carbonyl (C=O) groups excluding carboxylic acids is 2. The molecule has 1 atom stereocenters. The van der Waals surface area contributed by atoms with Crippen molar-refractivity contribution in [3.05, 3.63) is 0 Å². The predicted molar refractivity (Wildman–Crippen MR) is 104 cm³/mol. The smallest absolute Gasteiger partial charge is 0.410 e. The SMILES string of the molecule is COC(=O)C1CCC(N2CC(C3(F)CCN(C(=O)OC(C)(C)C)CC3)N=N2)CC1. The zero-order valence-corrected chi connectivity index (χ0v) is 17.9. The first-order valence-corrected chi connectivity index (χ1v) is 10.5. The molecule has 3 rings (SSSR count). The molecule has 0 N–H and O–H groups in total. The number of methoxy groups -OCH3 is 1. The third-order valence-electron chi connectivity index (χ3n) is 6.16. The number of ether oxygens (including phenoxy) is 2. The van der Waals surface area contributed by atoms with Crippen molar-refractivity contribution >= 4 is 12.1 Å². The van der Waals surface area contributed by atoms with E-state index >= 15 is 4.39 Å². The molecule has 1 saturated carbocycles. The number of esters is 1. The monoisotopic (exact) mass is 412 g/mol. The predicted octanol–water partition coefficient (Wildman–Crippen LogP) is 3.51. The van der Waals surface area contributed by atoms with Crippen LogP contribution < -0.4 is 0 Å². The maximum atomic E-state index is 15.6. The van der Waals surface area contributed by atoms with E-state index in [-0.39, 0.29) is 30.8 Å². The Balaban J connectivity index is 1.48. The van der Waals surface area contributed by atoms with Crippen LogP contribution in [0.4, 0.5) is 9.18 Å². The van der Waals surface area contributed by atoms with Gasteiger partial charge in [0.2, 0.25) is 0 Å². The number of alkyl halides is 1. The van der Waals surface area contributed by atoms with E-state index in [2.05, 4.69) is 10.3 Å². The van der Waals surface area contributed by atoms with E-state index < -0.39 is 23.4 Å². The molecule has 164 valence electrons. The highest BCUT2D eigenvalue weighted by Crippen LogP contribution is 2.37. The van der Waals surface area contributed by atoms with E-state index in [1.54, 1.807) is 4.90 Å². The molecule has 0 aromatic carbocycles. The van der Waals surface area contributed by atoms with E-state index in [4.69, 9.17) is 9.47 Å². The molecule has 2 aliphatic heterocycles. The Bertz CT molecular complexity index is 635. The van der Waals surface area contributed by atoms with Gasteiger partial charge < -0.3 is 14.4 Å². The second kappa shape index (κ2) is 8.44. The fourth-order valence-electron chi connectivity index (χ4n) is 4.37. The van der Waals surface area contributed by atoms with Gasteiger partial charge in [-0.05, 0) is 46.5 Å². The Hall–Kier alpha value is -1.93. The minimum Gasteiger partial charge on any atom is -0.469 e. The number of nitrogens with zero attached hydrogens (tertiary/aromatic N) is 4. The van der Waals surface area contributed by atoms with Crippen molar-refractivity contribution in [2.24, 2.45) is 16.3 Å². The average Bonchev–Trinajstić information content (AvgIpc) is 3.18. The highest BCUT2D eigenvalue weighted by molar-refractivity contribution is 5.72. The summed E-state index contributed by atoms with van der Waals surface area (Å²) in [5.41, 5.74) is -2.02. The summed E-state index contributed by atoms with van der Waals surface area (Å²) in [6.45, 7) is 6.56. The average molecular weight is 413 g/mol. The number of hydrogen-bond acceptors (Lipinski definition) is 7. The highest BCUT2D eigenvalue weighted by Gasteiger charge is 2.47. The number of amides is 1. The lowest BCUT2D eigenvalue weighted by Crippen LogP contribution is -2.52. The molecule has 8 nitrogen and oxygen atoms in total. The molecular formula is C20H33FN4O4. The highest BCUT2D eigenvalue weighted by atomic mass is 19.1. The fourth-order valence-corrected chi connectivity index (χ4v) is 4.37. The molecule has 1 unspecified atom stereocenters. The molecule has 2 fully saturated rings. The van der Waals surface area contributed by atoms with E-state index in [0.29, 0.717) is 19.6 Å². The zero-order chi connectivity index (χ0) is 21.2. The van der Waals surface area contributed by atoms with Crippen molar-refractivity contribution in [1.82, 2.24) is 9.91 Å². The van der Waals surface area contributed by atoms with Gasteiger partial charge >= 0.3 is 12.1 Å². The summed E-state index contributed by atoms with van der Waals surface area (Å²) < 4.78 is 25.8. The number of carbonyl (C=O) groups is 2. The Morgan fingerprint density at radius 3 is 2.28 bits per heavy atom. The number of likely N-dealkylation sites (tertiary alicyclic amines) is 1. The van der Waals surface area contributed by atoms with Crippen LogP contribution in [0.3, 0.4) is 0 Å². The summed E-state index contributed by atoms with van der Waals surface area (Å²) in [5, 5.41) is 10.4. The minimum atomic E-state index is -1.46. The third kappa shape index (κ3) is 5.17. The molecule has 1 saturated heterocycles. The maximum Gasteiger partial charge on any atom is 0.410 e. The van der Waals surface area contributed by atoms with Crippen LogP contribution in [-0.2, 0) is 14.3 Å². The molecule has 0 bridgehead atoms. The van der Waals surface area contributed by atoms with Crippen LogP contribution in [0, 0.1) is 5.92 Å². The third-order valence-corrected chi connectivity index (χ3v) is 6.16. The molecule has 2 heterocycles. The molecule has 1 aliphatic carbocycles. The van der Waals surface area contributed by atoms with Gasteiger partial charge in [0.1, 0.15) is 17.3 Å². The largest absolute Gasteiger partial charge is 0.469 e. The minimum absolute atomic E-state index is 0.0451. The second-order valence-corrected chi connectivity index (χ2v) is 9.37.